The summed E-state index contributed by atoms with van der Waals surface area (Å²) in [6, 6.07) is 6.88. The van der Waals surface area contributed by atoms with E-state index in [0.29, 0.717) is 18.8 Å². The van der Waals surface area contributed by atoms with Gasteiger partial charge in [-0.05, 0) is 44.0 Å². The smallest absolute Gasteiger partial charge is 0.406 e. The second-order valence-corrected chi connectivity index (χ2v) is 5.74. The van der Waals surface area contributed by atoms with Crippen molar-refractivity contribution in [2.24, 2.45) is 0 Å². The van der Waals surface area contributed by atoms with E-state index in [-0.39, 0.29) is 11.7 Å². The summed E-state index contributed by atoms with van der Waals surface area (Å²) in [5.41, 5.74) is 0.729. The lowest BCUT2D eigenvalue weighted by molar-refractivity contribution is -0.138. The van der Waals surface area contributed by atoms with E-state index in [0.717, 1.165) is 10.5 Å². The quantitative estimate of drug-likeness (QED) is 0.764. The minimum Gasteiger partial charge on any atom is -0.497 e. The van der Waals surface area contributed by atoms with Crippen molar-refractivity contribution in [2.75, 3.05) is 40.8 Å². The van der Waals surface area contributed by atoms with Gasteiger partial charge in [-0.25, -0.2) is 0 Å². The molecule has 0 spiro atoms. The highest BCUT2D eigenvalue weighted by Crippen LogP contribution is 2.19. The molecule has 0 saturated carbocycles. The van der Waals surface area contributed by atoms with E-state index in [1.54, 1.807) is 24.3 Å². The third kappa shape index (κ3) is 8.03. The van der Waals surface area contributed by atoms with Crippen LogP contribution in [0.1, 0.15) is 5.56 Å². The van der Waals surface area contributed by atoms with Crippen molar-refractivity contribution in [3.05, 3.63) is 29.8 Å². The Morgan fingerprint density at radius 1 is 1.22 bits per heavy atom. The van der Waals surface area contributed by atoms with Gasteiger partial charge in [-0.3, -0.25) is 0 Å². The molecular formula is C15H22F3N3OS. The summed E-state index contributed by atoms with van der Waals surface area (Å²) < 4.78 is 43.4. The lowest BCUT2D eigenvalue weighted by atomic mass is 10.2. The summed E-state index contributed by atoms with van der Waals surface area (Å²) in [5, 5.41) is 2.97. The van der Waals surface area contributed by atoms with E-state index in [1.165, 1.54) is 7.11 Å². The Balaban J connectivity index is 2.72. The number of methoxy groups -OCH3 is 1. The highest BCUT2D eigenvalue weighted by Gasteiger charge is 2.31. The third-order valence-electron chi connectivity index (χ3n) is 3.03. The van der Waals surface area contributed by atoms with Gasteiger partial charge in [0.25, 0.3) is 0 Å². The molecule has 0 atom stereocenters. The molecule has 1 N–H and O–H groups in total. The summed E-state index contributed by atoms with van der Waals surface area (Å²) in [5.74, 6) is 0.655. The zero-order valence-corrected chi connectivity index (χ0v) is 14.3. The SMILES string of the molecule is COc1ccc(CN(CC(F)(F)F)C(=S)NCCN(C)C)cc1. The number of likely N-dealkylation sites (N-methyl/N-ethyl adjacent to an activating group) is 1. The molecule has 0 fully saturated rings. The molecule has 0 aliphatic carbocycles. The fourth-order valence-electron chi connectivity index (χ4n) is 1.87. The van der Waals surface area contributed by atoms with E-state index in [4.69, 9.17) is 17.0 Å². The van der Waals surface area contributed by atoms with Crippen LogP contribution in [0.25, 0.3) is 0 Å². The lowest BCUT2D eigenvalue weighted by Gasteiger charge is -2.27. The number of rotatable bonds is 7. The first-order valence-corrected chi connectivity index (χ1v) is 7.49. The zero-order chi connectivity index (χ0) is 17.5. The first kappa shape index (κ1) is 19.5. The van der Waals surface area contributed by atoms with Crippen LogP contribution in [0.15, 0.2) is 24.3 Å². The van der Waals surface area contributed by atoms with Crippen LogP contribution in [0.4, 0.5) is 13.2 Å². The van der Waals surface area contributed by atoms with E-state index in [1.807, 2.05) is 19.0 Å². The van der Waals surface area contributed by atoms with Gasteiger partial charge in [0.15, 0.2) is 5.11 Å². The zero-order valence-electron chi connectivity index (χ0n) is 13.5. The van der Waals surface area contributed by atoms with Gasteiger partial charge in [0.05, 0.1) is 7.11 Å². The summed E-state index contributed by atoms with van der Waals surface area (Å²) in [6.45, 7) is 0.162. The van der Waals surface area contributed by atoms with Crippen LogP contribution in [0.3, 0.4) is 0 Å². The topological polar surface area (TPSA) is 27.7 Å². The Hall–Kier alpha value is -1.54. The van der Waals surface area contributed by atoms with Crippen LogP contribution in [-0.2, 0) is 6.54 Å². The Labute approximate surface area is 140 Å². The van der Waals surface area contributed by atoms with Gasteiger partial charge < -0.3 is 19.9 Å². The van der Waals surface area contributed by atoms with Gasteiger partial charge >= 0.3 is 6.18 Å². The number of nitrogens with one attached hydrogen (secondary N) is 1. The summed E-state index contributed by atoms with van der Waals surface area (Å²) in [7, 11) is 5.31. The molecule has 0 radical (unpaired) electrons. The predicted octanol–water partition coefficient (Wildman–Crippen LogP) is 2.50. The van der Waals surface area contributed by atoms with E-state index < -0.39 is 12.7 Å². The molecular weight excluding hydrogens is 327 g/mol. The molecule has 130 valence electrons. The molecule has 0 aliphatic rings. The fraction of sp³-hybridized carbons (Fsp3) is 0.533. The summed E-state index contributed by atoms with van der Waals surface area (Å²) in [6.07, 6.45) is -4.32. The lowest BCUT2D eigenvalue weighted by Crippen LogP contribution is -2.45. The number of nitrogens with zero attached hydrogens (tertiary/aromatic N) is 2. The molecule has 0 bridgehead atoms. The maximum absolute atomic E-state index is 12.8. The predicted molar refractivity (Wildman–Crippen MR) is 88.6 cm³/mol. The molecule has 1 aromatic carbocycles. The molecule has 23 heavy (non-hydrogen) atoms. The van der Waals surface area contributed by atoms with Crippen LogP contribution < -0.4 is 10.1 Å². The van der Waals surface area contributed by atoms with Crippen LogP contribution in [0.2, 0.25) is 0 Å². The van der Waals surface area contributed by atoms with E-state index >= 15 is 0 Å². The third-order valence-corrected chi connectivity index (χ3v) is 3.43. The molecule has 0 unspecified atom stereocenters. The number of hydrogen-bond acceptors (Lipinski definition) is 3. The van der Waals surface area contributed by atoms with Gasteiger partial charge in [0, 0.05) is 19.6 Å². The van der Waals surface area contributed by atoms with Gasteiger partial charge in [-0.1, -0.05) is 12.1 Å². The molecule has 0 aliphatic heterocycles. The van der Waals surface area contributed by atoms with Crippen LogP contribution >= 0.6 is 12.2 Å². The second-order valence-electron chi connectivity index (χ2n) is 5.35. The van der Waals surface area contributed by atoms with Gasteiger partial charge in [-0.15, -0.1) is 0 Å². The summed E-state index contributed by atoms with van der Waals surface area (Å²) in [4.78, 5) is 3.04. The molecule has 0 amide bonds. The minimum absolute atomic E-state index is 0.0807. The average molecular weight is 349 g/mol. The van der Waals surface area contributed by atoms with E-state index in [2.05, 4.69) is 5.32 Å². The van der Waals surface area contributed by atoms with Gasteiger partial charge in [0.1, 0.15) is 12.3 Å². The largest absolute Gasteiger partial charge is 0.497 e. The maximum Gasteiger partial charge on any atom is 0.406 e. The number of halogens is 3. The number of hydrogen-bond donors (Lipinski definition) is 1. The van der Waals surface area contributed by atoms with Crippen LogP contribution in [0.5, 0.6) is 5.75 Å². The molecule has 1 aromatic rings. The van der Waals surface area contributed by atoms with Crippen molar-refractivity contribution >= 4 is 17.3 Å². The monoisotopic (exact) mass is 349 g/mol. The first-order chi connectivity index (χ1) is 10.7. The maximum atomic E-state index is 12.8. The Bertz CT molecular complexity index is 492. The molecule has 0 saturated heterocycles. The Morgan fingerprint density at radius 2 is 1.83 bits per heavy atom. The van der Waals surface area contributed by atoms with Crippen LogP contribution in [-0.4, -0.2) is 61.9 Å². The Kier molecular flexibility index (Phi) is 7.57. The molecule has 1 rings (SSSR count). The van der Waals surface area contributed by atoms with Crippen LogP contribution in [0, 0.1) is 0 Å². The molecule has 4 nitrogen and oxygen atoms in total. The van der Waals surface area contributed by atoms with Gasteiger partial charge in [0.2, 0.25) is 0 Å². The van der Waals surface area contributed by atoms with Crippen molar-refractivity contribution in [2.45, 2.75) is 12.7 Å². The number of alkyl halides is 3. The second kappa shape index (κ2) is 8.93. The van der Waals surface area contributed by atoms with Crippen molar-refractivity contribution < 1.29 is 17.9 Å². The van der Waals surface area contributed by atoms with Crippen molar-refractivity contribution in [1.82, 2.24) is 15.1 Å². The number of thiocarbonyl (C=S) groups is 1. The van der Waals surface area contributed by atoms with Crippen molar-refractivity contribution in [3.63, 3.8) is 0 Å². The Morgan fingerprint density at radius 3 is 2.30 bits per heavy atom. The fourth-order valence-corrected chi connectivity index (χ4v) is 2.10. The molecule has 0 aromatic heterocycles. The molecule has 8 heteroatoms. The highest BCUT2D eigenvalue weighted by molar-refractivity contribution is 7.80. The average Bonchev–Trinajstić information content (AvgIpc) is 2.45. The normalized spacial score (nSPS) is 11.4. The first-order valence-electron chi connectivity index (χ1n) is 7.08. The van der Waals surface area contributed by atoms with Crippen molar-refractivity contribution in [1.29, 1.82) is 0 Å². The van der Waals surface area contributed by atoms with E-state index in [9.17, 15) is 13.2 Å². The highest BCUT2D eigenvalue weighted by atomic mass is 32.1. The van der Waals surface area contributed by atoms with Crippen molar-refractivity contribution in [3.8, 4) is 5.75 Å². The minimum atomic E-state index is -4.32. The summed E-state index contributed by atoms with van der Waals surface area (Å²) >= 11 is 5.11. The number of ether oxygens (including phenoxy) is 1. The molecule has 0 heterocycles. The van der Waals surface area contributed by atoms with Gasteiger partial charge in [-0.2, -0.15) is 13.2 Å². The standard InChI is InChI=1S/C15H22F3N3OS/c1-20(2)9-8-19-14(23)21(11-15(16,17)18)10-12-4-6-13(22-3)7-5-12/h4-7H,8-11H2,1-3H3,(H,19,23). The number of benzene rings is 1.